The van der Waals surface area contributed by atoms with Crippen molar-refractivity contribution in [3.05, 3.63) is 34.4 Å². The molecular weight excluding hydrogens is 376 g/mol. The second-order valence-corrected chi connectivity index (χ2v) is 9.26. The Hall–Kier alpha value is -2.09. The molecule has 0 radical (unpaired) electrons. The number of nitrogens with one attached hydrogen (secondary N) is 2. The van der Waals surface area contributed by atoms with Crippen LogP contribution in [0.2, 0.25) is 0 Å². The molecule has 1 amide bonds. The van der Waals surface area contributed by atoms with Crippen molar-refractivity contribution in [2.24, 2.45) is 0 Å². The second-order valence-electron chi connectivity index (χ2n) is 5.31. The van der Waals surface area contributed by atoms with Crippen LogP contribution in [0.15, 0.2) is 29.2 Å². The number of nitrogens with zero attached hydrogens (tertiary/aromatic N) is 2. The number of nitro benzene ring substituents is 1. The van der Waals surface area contributed by atoms with Crippen molar-refractivity contribution in [1.82, 2.24) is 15.2 Å². The van der Waals surface area contributed by atoms with Crippen LogP contribution in [0.4, 0.5) is 5.69 Å². The van der Waals surface area contributed by atoms with Gasteiger partial charge < -0.3 is 0 Å². The number of rotatable bonds is 6. The van der Waals surface area contributed by atoms with E-state index in [1.807, 2.05) is 5.43 Å². The molecule has 2 rings (SSSR count). The van der Waals surface area contributed by atoms with Crippen molar-refractivity contribution < 1.29 is 26.6 Å². The molecule has 1 heterocycles. The van der Waals surface area contributed by atoms with Crippen LogP contribution >= 0.6 is 0 Å². The number of benzene rings is 1. The quantitative estimate of drug-likeness (QED) is 0.444. The summed E-state index contributed by atoms with van der Waals surface area (Å²) in [6, 6.07) is 4.71. The van der Waals surface area contributed by atoms with Crippen LogP contribution in [-0.2, 0) is 24.7 Å². The predicted molar refractivity (Wildman–Crippen MR) is 86.7 cm³/mol. The van der Waals surface area contributed by atoms with Gasteiger partial charge in [-0.05, 0) is 6.07 Å². The molecule has 1 aliphatic heterocycles. The highest BCUT2D eigenvalue weighted by molar-refractivity contribution is 7.91. The Labute approximate surface area is 144 Å². The summed E-state index contributed by atoms with van der Waals surface area (Å²) in [5.74, 6) is -0.841. The zero-order valence-electron chi connectivity index (χ0n) is 12.9. The molecule has 0 aromatic heterocycles. The van der Waals surface area contributed by atoms with E-state index in [1.54, 1.807) is 9.73 Å². The fourth-order valence-corrected chi connectivity index (χ4v) is 4.48. The van der Waals surface area contributed by atoms with Gasteiger partial charge in [0.2, 0.25) is 5.91 Å². The Morgan fingerprint density at radius 3 is 2.44 bits per heavy atom. The average Bonchev–Trinajstić information content (AvgIpc) is 2.55. The number of sulfonamides is 1. The number of hydrogen-bond donors (Lipinski definition) is 2. The topological polar surface area (TPSA) is 156 Å². The summed E-state index contributed by atoms with van der Waals surface area (Å²) in [6.07, 6.45) is 0. The zero-order valence-corrected chi connectivity index (χ0v) is 14.5. The van der Waals surface area contributed by atoms with Gasteiger partial charge in [0, 0.05) is 19.2 Å². The van der Waals surface area contributed by atoms with E-state index >= 15 is 0 Å². The van der Waals surface area contributed by atoms with Crippen molar-refractivity contribution >= 4 is 31.5 Å². The minimum Gasteiger partial charge on any atom is -0.292 e. The Morgan fingerprint density at radius 1 is 1.24 bits per heavy atom. The molecule has 25 heavy (non-hydrogen) atoms. The van der Waals surface area contributed by atoms with E-state index < -0.39 is 41.3 Å². The maximum atomic E-state index is 12.1. The predicted octanol–water partition coefficient (Wildman–Crippen LogP) is -1.37. The molecule has 1 aromatic carbocycles. The molecular formula is C12H16N4O7S2. The second kappa shape index (κ2) is 7.43. The van der Waals surface area contributed by atoms with E-state index in [0.29, 0.717) is 0 Å². The maximum Gasteiger partial charge on any atom is 0.289 e. The van der Waals surface area contributed by atoms with Gasteiger partial charge in [0.05, 0.1) is 23.0 Å². The first-order chi connectivity index (χ1) is 11.6. The summed E-state index contributed by atoms with van der Waals surface area (Å²) >= 11 is 0. The van der Waals surface area contributed by atoms with E-state index in [1.165, 1.54) is 12.1 Å². The molecule has 13 heteroatoms. The Bertz CT molecular complexity index is 868. The molecule has 1 fully saturated rings. The lowest BCUT2D eigenvalue weighted by Gasteiger charge is -2.25. The van der Waals surface area contributed by atoms with Gasteiger partial charge in [-0.15, -0.1) is 4.83 Å². The van der Waals surface area contributed by atoms with Crippen molar-refractivity contribution in [3.8, 4) is 0 Å². The number of carbonyl (C=O) groups excluding carboxylic acids is 1. The lowest BCUT2D eigenvalue weighted by atomic mass is 10.3. The first-order valence-electron chi connectivity index (χ1n) is 7.07. The molecule has 1 saturated heterocycles. The highest BCUT2D eigenvalue weighted by Crippen LogP contribution is 2.22. The van der Waals surface area contributed by atoms with E-state index in [9.17, 15) is 31.7 Å². The number of hydrogen-bond acceptors (Lipinski definition) is 8. The minimum absolute atomic E-state index is 0.0672. The van der Waals surface area contributed by atoms with E-state index in [0.717, 1.165) is 12.1 Å². The standard InChI is InChI=1S/C12H16N4O7S2/c17-12(9-15-5-7-24(20,21)8-6-15)13-14-25(22,23)11-4-2-1-3-10(11)16(18)19/h1-4,14H,5-9H2,(H,13,17). The number of nitro groups is 1. The molecule has 0 spiro atoms. The normalized spacial score (nSPS) is 17.8. The Balaban J connectivity index is 1.96. The molecule has 138 valence electrons. The van der Waals surface area contributed by atoms with Crippen LogP contribution < -0.4 is 10.3 Å². The van der Waals surface area contributed by atoms with Crippen LogP contribution in [0.5, 0.6) is 0 Å². The van der Waals surface area contributed by atoms with Gasteiger partial charge in [-0.1, -0.05) is 12.1 Å². The van der Waals surface area contributed by atoms with E-state index in [-0.39, 0.29) is 31.1 Å². The number of amides is 1. The molecule has 0 saturated carbocycles. The van der Waals surface area contributed by atoms with Crippen molar-refractivity contribution in [2.45, 2.75) is 4.90 Å². The van der Waals surface area contributed by atoms with Gasteiger partial charge in [0.1, 0.15) is 0 Å². The minimum atomic E-state index is -4.33. The van der Waals surface area contributed by atoms with Crippen molar-refractivity contribution in [1.29, 1.82) is 0 Å². The molecule has 0 bridgehead atoms. The lowest BCUT2D eigenvalue weighted by molar-refractivity contribution is -0.387. The highest BCUT2D eigenvalue weighted by atomic mass is 32.2. The molecule has 2 N–H and O–H groups in total. The summed E-state index contributed by atoms with van der Waals surface area (Å²) in [6.45, 7) is 0.147. The molecule has 1 aliphatic rings. The van der Waals surface area contributed by atoms with Gasteiger partial charge in [0.15, 0.2) is 14.7 Å². The highest BCUT2D eigenvalue weighted by Gasteiger charge is 2.26. The lowest BCUT2D eigenvalue weighted by Crippen LogP contribution is -2.49. The number of hydrazine groups is 1. The maximum absolute atomic E-state index is 12.1. The van der Waals surface area contributed by atoms with Crippen LogP contribution in [-0.4, -0.2) is 63.7 Å². The van der Waals surface area contributed by atoms with Crippen LogP contribution in [0.3, 0.4) is 0 Å². The fraction of sp³-hybridized carbons (Fsp3) is 0.417. The molecule has 0 aliphatic carbocycles. The molecule has 11 nitrogen and oxygen atoms in total. The van der Waals surface area contributed by atoms with Gasteiger partial charge >= 0.3 is 0 Å². The zero-order chi connectivity index (χ0) is 18.7. The summed E-state index contributed by atoms with van der Waals surface area (Å²) in [5.41, 5.74) is 1.35. The number of sulfone groups is 1. The van der Waals surface area contributed by atoms with Crippen LogP contribution in [0, 0.1) is 10.1 Å². The van der Waals surface area contributed by atoms with Crippen molar-refractivity contribution in [3.63, 3.8) is 0 Å². The first kappa shape index (κ1) is 19.2. The van der Waals surface area contributed by atoms with Crippen LogP contribution in [0.1, 0.15) is 0 Å². The largest absolute Gasteiger partial charge is 0.292 e. The van der Waals surface area contributed by atoms with Gasteiger partial charge in [-0.2, -0.15) is 0 Å². The SMILES string of the molecule is O=C(CN1CCS(=O)(=O)CC1)NNS(=O)(=O)c1ccccc1[N+](=O)[O-]. The molecule has 1 aromatic rings. The summed E-state index contributed by atoms with van der Waals surface area (Å²) in [7, 11) is -7.41. The first-order valence-corrected chi connectivity index (χ1v) is 10.4. The Morgan fingerprint density at radius 2 is 1.84 bits per heavy atom. The Kier molecular flexibility index (Phi) is 5.72. The third-order valence-electron chi connectivity index (χ3n) is 3.48. The third kappa shape index (κ3) is 5.19. The smallest absolute Gasteiger partial charge is 0.289 e. The van der Waals surface area contributed by atoms with Gasteiger partial charge in [-0.3, -0.25) is 25.2 Å². The number of para-hydroxylation sites is 1. The molecule has 0 atom stereocenters. The monoisotopic (exact) mass is 392 g/mol. The number of carbonyl (C=O) groups is 1. The van der Waals surface area contributed by atoms with Gasteiger partial charge in [-0.25, -0.2) is 16.8 Å². The van der Waals surface area contributed by atoms with Crippen LogP contribution in [0.25, 0.3) is 0 Å². The fourth-order valence-electron chi connectivity index (χ4n) is 2.17. The van der Waals surface area contributed by atoms with Gasteiger partial charge in [0.25, 0.3) is 15.7 Å². The summed E-state index contributed by atoms with van der Waals surface area (Å²) in [5, 5.41) is 10.9. The average molecular weight is 392 g/mol. The van der Waals surface area contributed by atoms with E-state index in [4.69, 9.17) is 0 Å². The molecule has 0 unspecified atom stereocenters. The van der Waals surface area contributed by atoms with Crippen molar-refractivity contribution in [2.75, 3.05) is 31.1 Å². The summed E-state index contributed by atoms with van der Waals surface area (Å²) in [4.78, 5) is 24.6. The third-order valence-corrected chi connectivity index (χ3v) is 6.38. The van der Waals surface area contributed by atoms with E-state index in [2.05, 4.69) is 0 Å². The summed E-state index contributed by atoms with van der Waals surface area (Å²) < 4.78 is 46.9.